The van der Waals surface area contributed by atoms with E-state index in [1.807, 2.05) is 4.90 Å². The number of nitrogens with two attached hydrogens (primary N) is 1. The molecule has 1 aliphatic heterocycles. The standard InChI is InChI=1S/C15H30N2O2/c1-12(2)8-14(10-16)9-15(18)17-6-4-13(5-7-17)11-19-3/h12-14H,4-11,16H2,1-3H3. The number of hydrogen-bond acceptors (Lipinski definition) is 3. The van der Waals surface area contributed by atoms with Crippen LogP contribution in [0.1, 0.15) is 39.5 Å². The Kier molecular flexibility index (Phi) is 7.39. The quantitative estimate of drug-likeness (QED) is 0.768. The normalized spacial score (nSPS) is 18.9. The summed E-state index contributed by atoms with van der Waals surface area (Å²) in [6.45, 7) is 7.56. The summed E-state index contributed by atoms with van der Waals surface area (Å²) in [5, 5.41) is 0. The molecule has 1 unspecified atom stereocenters. The molecule has 0 aromatic heterocycles. The first-order chi connectivity index (χ1) is 9.06. The van der Waals surface area contributed by atoms with Crippen LogP contribution in [-0.4, -0.2) is 44.2 Å². The highest BCUT2D eigenvalue weighted by atomic mass is 16.5. The summed E-state index contributed by atoms with van der Waals surface area (Å²) in [7, 11) is 1.75. The van der Waals surface area contributed by atoms with E-state index in [2.05, 4.69) is 13.8 Å². The molecule has 1 fully saturated rings. The van der Waals surface area contributed by atoms with E-state index in [0.29, 0.717) is 30.7 Å². The van der Waals surface area contributed by atoms with Crippen LogP contribution in [0.3, 0.4) is 0 Å². The van der Waals surface area contributed by atoms with E-state index in [-0.39, 0.29) is 5.91 Å². The topological polar surface area (TPSA) is 55.6 Å². The SMILES string of the molecule is COCC1CCN(C(=O)CC(CN)CC(C)C)CC1. The Morgan fingerprint density at radius 3 is 2.47 bits per heavy atom. The molecular formula is C15H30N2O2. The Hall–Kier alpha value is -0.610. The number of carbonyl (C=O) groups excluding carboxylic acids is 1. The van der Waals surface area contributed by atoms with Crippen molar-refractivity contribution in [3.05, 3.63) is 0 Å². The Labute approximate surface area is 117 Å². The second-order valence-corrected chi connectivity index (χ2v) is 6.21. The summed E-state index contributed by atoms with van der Waals surface area (Å²) in [4.78, 5) is 14.3. The Morgan fingerprint density at radius 1 is 1.37 bits per heavy atom. The second kappa shape index (κ2) is 8.54. The molecular weight excluding hydrogens is 240 g/mol. The molecule has 1 rings (SSSR count). The van der Waals surface area contributed by atoms with Crippen LogP contribution in [0.4, 0.5) is 0 Å². The van der Waals surface area contributed by atoms with Crippen LogP contribution in [0.5, 0.6) is 0 Å². The van der Waals surface area contributed by atoms with E-state index in [4.69, 9.17) is 10.5 Å². The molecule has 2 N–H and O–H groups in total. The predicted molar refractivity (Wildman–Crippen MR) is 77.8 cm³/mol. The summed E-state index contributed by atoms with van der Waals surface area (Å²) in [6.07, 6.45) is 3.79. The molecule has 1 atom stereocenters. The highest BCUT2D eigenvalue weighted by molar-refractivity contribution is 5.76. The highest BCUT2D eigenvalue weighted by Crippen LogP contribution is 2.20. The van der Waals surface area contributed by atoms with Crippen LogP contribution in [0.25, 0.3) is 0 Å². The van der Waals surface area contributed by atoms with Crippen molar-refractivity contribution in [3.8, 4) is 0 Å². The number of piperidine rings is 1. The fourth-order valence-corrected chi connectivity index (χ4v) is 2.89. The van der Waals surface area contributed by atoms with Crippen molar-refractivity contribution in [2.75, 3.05) is 33.4 Å². The molecule has 0 bridgehead atoms. The molecule has 112 valence electrons. The molecule has 4 nitrogen and oxygen atoms in total. The molecule has 4 heteroatoms. The van der Waals surface area contributed by atoms with Crippen molar-refractivity contribution < 1.29 is 9.53 Å². The number of ether oxygens (including phenoxy) is 1. The number of carbonyl (C=O) groups is 1. The van der Waals surface area contributed by atoms with E-state index in [9.17, 15) is 4.79 Å². The molecule has 0 spiro atoms. The lowest BCUT2D eigenvalue weighted by Crippen LogP contribution is -2.40. The summed E-state index contributed by atoms with van der Waals surface area (Å²) in [5.41, 5.74) is 5.77. The molecule has 0 aromatic carbocycles. The number of methoxy groups -OCH3 is 1. The van der Waals surface area contributed by atoms with Crippen LogP contribution in [0.2, 0.25) is 0 Å². The lowest BCUT2D eigenvalue weighted by atomic mass is 9.92. The van der Waals surface area contributed by atoms with Crippen molar-refractivity contribution >= 4 is 5.91 Å². The predicted octanol–water partition coefficient (Wildman–Crippen LogP) is 1.88. The minimum Gasteiger partial charge on any atom is -0.384 e. The van der Waals surface area contributed by atoms with Gasteiger partial charge in [-0.2, -0.15) is 0 Å². The van der Waals surface area contributed by atoms with E-state index in [1.165, 1.54) is 0 Å². The van der Waals surface area contributed by atoms with Crippen molar-refractivity contribution in [1.29, 1.82) is 0 Å². The van der Waals surface area contributed by atoms with Crippen molar-refractivity contribution in [3.63, 3.8) is 0 Å². The van der Waals surface area contributed by atoms with Crippen LogP contribution < -0.4 is 5.73 Å². The van der Waals surface area contributed by atoms with Gasteiger partial charge in [0.15, 0.2) is 0 Å². The van der Waals surface area contributed by atoms with Gasteiger partial charge < -0.3 is 15.4 Å². The average Bonchev–Trinajstić information content (AvgIpc) is 2.38. The second-order valence-electron chi connectivity index (χ2n) is 6.21. The van der Waals surface area contributed by atoms with E-state index in [0.717, 1.165) is 39.0 Å². The monoisotopic (exact) mass is 270 g/mol. The number of hydrogen-bond donors (Lipinski definition) is 1. The summed E-state index contributed by atoms with van der Waals surface area (Å²) in [6, 6.07) is 0. The minimum atomic E-state index is 0.284. The number of nitrogens with zero attached hydrogens (tertiary/aromatic N) is 1. The number of amides is 1. The van der Waals surface area contributed by atoms with Gasteiger partial charge in [0, 0.05) is 33.2 Å². The third-order valence-electron chi connectivity index (χ3n) is 3.97. The summed E-state index contributed by atoms with van der Waals surface area (Å²) < 4.78 is 5.18. The molecule has 0 aromatic rings. The summed E-state index contributed by atoms with van der Waals surface area (Å²) in [5.74, 6) is 1.85. The molecule has 1 heterocycles. The molecule has 1 aliphatic rings. The van der Waals surface area contributed by atoms with Gasteiger partial charge in [-0.1, -0.05) is 13.8 Å². The molecule has 0 radical (unpaired) electrons. The fraction of sp³-hybridized carbons (Fsp3) is 0.933. The largest absolute Gasteiger partial charge is 0.384 e. The number of rotatable bonds is 7. The Balaban J connectivity index is 2.33. The Morgan fingerprint density at radius 2 is 2.00 bits per heavy atom. The van der Waals surface area contributed by atoms with Gasteiger partial charge in [-0.3, -0.25) is 4.79 Å². The highest BCUT2D eigenvalue weighted by Gasteiger charge is 2.24. The van der Waals surface area contributed by atoms with Gasteiger partial charge in [-0.25, -0.2) is 0 Å². The van der Waals surface area contributed by atoms with Crippen LogP contribution >= 0.6 is 0 Å². The van der Waals surface area contributed by atoms with Gasteiger partial charge in [-0.15, -0.1) is 0 Å². The van der Waals surface area contributed by atoms with Gasteiger partial charge in [0.05, 0.1) is 0 Å². The molecule has 1 saturated heterocycles. The molecule has 0 saturated carbocycles. The average molecular weight is 270 g/mol. The first kappa shape index (κ1) is 16.4. The first-order valence-electron chi connectivity index (χ1n) is 7.53. The summed E-state index contributed by atoms with van der Waals surface area (Å²) >= 11 is 0. The van der Waals surface area contributed by atoms with Gasteiger partial charge in [0.1, 0.15) is 0 Å². The third-order valence-corrected chi connectivity index (χ3v) is 3.97. The Bertz CT molecular complexity index is 261. The zero-order valence-electron chi connectivity index (χ0n) is 12.7. The van der Waals surface area contributed by atoms with Gasteiger partial charge in [0.25, 0.3) is 0 Å². The number of likely N-dealkylation sites (tertiary alicyclic amines) is 1. The van der Waals surface area contributed by atoms with E-state index < -0.39 is 0 Å². The molecule has 19 heavy (non-hydrogen) atoms. The van der Waals surface area contributed by atoms with Crippen LogP contribution in [0, 0.1) is 17.8 Å². The van der Waals surface area contributed by atoms with Gasteiger partial charge >= 0.3 is 0 Å². The van der Waals surface area contributed by atoms with Crippen molar-refractivity contribution in [2.24, 2.45) is 23.5 Å². The zero-order chi connectivity index (χ0) is 14.3. The maximum Gasteiger partial charge on any atom is 0.222 e. The van der Waals surface area contributed by atoms with E-state index in [1.54, 1.807) is 7.11 Å². The van der Waals surface area contributed by atoms with Crippen molar-refractivity contribution in [2.45, 2.75) is 39.5 Å². The maximum absolute atomic E-state index is 12.3. The fourth-order valence-electron chi connectivity index (χ4n) is 2.89. The van der Waals surface area contributed by atoms with Crippen LogP contribution in [0.15, 0.2) is 0 Å². The van der Waals surface area contributed by atoms with Crippen molar-refractivity contribution in [1.82, 2.24) is 4.90 Å². The third kappa shape index (κ3) is 5.91. The lowest BCUT2D eigenvalue weighted by Gasteiger charge is -2.32. The molecule has 1 amide bonds. The zero-order valence-corrected chi connectivity index (χ0v) is 12.7. The van der Waals surface area contributed by atoms with E-state index >= 15 is 0 Å². The minimum absolute atomic E-state index is 0.284. The van der Waals surface area contributed by atoms with Gasteiger partial charge in [0.2, 0.25) is 5.91 Å². The van der Waals surface area contributed by atoms with Gasteiger partial charge in [-0.05, 0) is 43.6 Å². The maximum atomic E-state index is 12.3. The smallest absolute Gasteiger partial charge is 0.222 e. The first-order valence-corrected chi connectivity index (χ1v) is 7.53. The molecule has 0 aliphatic carbocycles. The van der Waals surface area contributed by atoms with Crippen LogP contribution in [-0.2, 0) is 9.53 Å². The lowest BCUT2D eigenvalue weighted by molar-refractivity contribution is -0.133.